The average molecular weight is 451 g/mol. The fourth-order valence-electron chi connectivity index (χ4n) is 3.95. The Bertz CT molecular complexity index is 1400. The van der Waals surface area contributed by atoms with Gasteiger partial charge < -0.3 is 5.32 Å². The number of amides is 1. The zero-order valence-corrected chi connectivity index (χ0v) is 19.1. The third-order valence-electron chi connectivity index (χ3n) is 5.70. The maximum absolute atomic E-state index is 13.1. The molecule has 4 rings (SSSR count). The quantitative estimate of drug-likeness (QED) is 0.249. The first-order chi connectivity index (χ1) is 16.1. The molecular formula is C29H23ClN2O. The van der Waals surface area contributed by atoms with Gasteiger partial charge in [-0.25, -0.2) is 0 Å². The molecule has 0 heterocycles. The number of aryl methyl sites for hydroxylation is 1. The molecule has 0 fully saturated rings. The van der Waals surface area contributed by atoms with Crippen molar-refractivity contribution in [1.29, 1.82) is 5.26 Å². The molecule has 0 saturated carbocycles. The monoisotopic (exact) mass is 450 g/mol. The zero-order chi connectivity index (χ0) is 23.2. The van der Waals surface area contributed by atoms with E-state index in [-0.39, 0.29) is 5.57 Å². The summed E-state index contributed by atoms with van der Waals surface area (Å²) >= 11 is 6.42. The van der Waals surface area contributed by atoms with E-state index in [1.54, 1.807) is 6.08 Å². The largest absolute Gasteiger partial charge is 0.321 e. The molecule has 0 spiro atoms. The number of nitrogens with zero attached hydrogens (tertiary/aromatic N) is 1. The third-order valence-corrected chi connectivity index (χ3v) is 6.07. The molecule has 0 aliphatic heterocycles. The molecule has 0 saturated heterocycles. The van der Waals surface area contributed by atoms with E-state index < -0.39 is 5.91 Å². The normalized spacial score (nSPS) is 11.2. The highest BCUT2D eigenvalue weighted by atomic mass is 35.5. The number of anilines is 1. The van der Waals surface area contributed by atoms with Gasteiger partial charge in [0.1, 0.15) is 11.6 Å². The molecule has 3 nitrogen and oxygen atoms in total. The Balaban J connectivity index is 1.78. The molecule has 4 aromatic rings. The first kappa shape index (κ1) is 22.3. The van der Waals surface area contributed by atoms with Crippen LogP contribution in [0.25, 0.3) is 16.8 Å². The second-order valence-corrected chi connectivity index (χ2v) is 8.17. The maximum Gasteiger partial charge on any atom is 0.266 e. The van der Waals surface area contributed by atoms with Gasteiger partial charge in [-0.2, -0.15) is 5.26 Å². The number of nitrogens with one attached hydrogen (secondary N) is 1. The second-order valence-electron chi connectivity index (χ2n) is 7.76. The van der Waals surface area contributed by atoms with Gasteiger partial charge in [-0.1, -0.05) is 91.3 Å². The van der Waals surface area contributed by atoms with Gasteiger partial charge in [0.15, 0.2) is 0 Å². The van der Waals surface area contributed by atoms with Crippen LogP contribution in [0.15, 0.2) is 90.5 Å². The lowest BCUT2D eigenvalue weighted by atomic mass is 9.93. The predicted octanol–water partition coefficient (Wildman–Crippen LogP) is 7.19. The van der Waals surface area contributed by atoms with Crippen molar-refractivity contribution >= 4 is 40.0 Å². The molecule has 0 aromatic heterocycles. The van der Waals surface area contributed by atoms with Crippen LogP contribution < -0.4 is 5.32 Å². The molecule has 162 valence electrons. The van der Waals surface area contributed by atoms with E-state index in [0.29, 0.717) is 11.4 Å². The SMILES string of the molecule is CCc1ccccc1NC(=O)/C(C#N)=C/c1c(Cc2ccccc2Cl)ccc2ccccc12. The maximum atomic E-state index is 13.1. The number of carbonyl (C=O) groups excluding carboxylic acids is 1. The number of nitriles is 1. The molecule has 4 heteroatoms. The molecule has 1 amide bonds. The van der Waals surface area contributed by atoms with Gasteiger partial charge in [0.25, 0.3) is 5.91 Å². The van der Waals surface area contributed by atoms with Crippen molar-refractivity contribution in [3.63, 3.8) is 0 Å². The van der Waals surface area contributed by atoms with E-state index in [1.807, 2.05) is 85.8 Å². The van der Waals surface area contributed by atoms with Crippen LogP contribution in [0.1, 0.15) is 29.2 Å². The number of halogens is 1. The number of benzene rings is 4. The summed E-state index contributed by atoms with van der Waals surface area (Å²) in [4.78, 5) is 13.1. The predicted molar refractivity (Wildman–Crippen MR) is 136 cm³/mol. The molecule has 0 aliphatic rings. The van der Waals surface area contributed by atoms with E-state index >= 15 is 0 Å². The van der Waals surface area contributed by atoms with Crippen LogP contribution in [0.5, 0.6) is 0 Å². The fourth-order valence-corrected chi connectivity index (χ4v) is 4.15. The zero-order valence-electron chi connectivity index (χ0n) is 18.3. The van der Waals surface area contributed by atoms with Crippen LogP contribution in [0.4, 0.5) is 5.69 Å². The van der Waals surface area contributed by atoms with Crippen molar-refractivity contribution < 1.29 is 4.79 Å². The number of rotatable bonds is 6. The summed E-state index contributed by atoms with van der Waals surface area (Å²) in [6, 6.07) is 29.5. The first-order valence-electron chi connectivity index (χ1n) is 10.9. The van der Waals surface area contributed by atoms with Crippen LogP contribution in [-0.2, 0) is 17.6 Å². The second kappa shape index (κ2) is 10.2. The summed E-state index contributed by atoms with van der Waals surface area (Å²) in [5, 5.41) is 15.5. The van der Waals surface area contributed by atoms with Crippen LogP contribution in [0.3, 0.4) is 0 Å². The van der Waals surface area contributed by atoms with Crippen molar-refractivity contribution in [2.24, 2.45) is 0 Å². The van der Waals surface area contributed by atoms with Gasteiger partial charge in [-0.15, -0.1) is 0 Å². The molecule has 0 bridgehead atoms. The highest BCUT2D eigenvalue weighted by Crippen LogP contribution is 2.29. The summed E-state index contributed by atoms with van der Waals surface area (Å²) in [7, 11) is 0. The Hall–Kier alpha value is -3.87. The molecule has 1 N–H and O–H groups in total. The Labute approximate surface area is 198 Å². The van der Waals surface area contributed by atoms with Crippen molar-refractivity contribution in [2.75, 3.05) is 5.32 Å². The number of fused-ring (bicyclic) bond motifs is 1. The van der Waals surface area contributed by atoms with Gasteiger partial charge in [0.2, 0.25) is 0 Å². The minimum atomic E-state index is -0.421. The highest BCUT2D eigenvalue weighted by molar-refractivity contribution is 6.31. The summed E-state index contributed by atoms with van der Waals surface area (Å²) in [5.41, 5.74) is 4.63. The standard InChI is InChI=1S/C29H23ClN2O/c1-2-20-9-5-8-14-28(20)32-29(33)24(19-31)18-26-22(17-23-11-4-7-13-27(23)30)16-15-21-10-3-6-12-25(21)26/h3-16,18H,2,17H2,1H3,(H,32,33)/b24-18+. The van der Waals surface area contributed by atoms with Crippen LogP contribution >= 0.6 is 11.6 Å². The van der Waals surface area contributed by atoms with Crippen LogP contribution in [-0.4, -0.2) is 5.91 Å². The van der Waals surface area contributed by atoms with Gasteiger partial charge >= 0.3 is 0 Å². The minimum Gasteiger partial charge on any atom is -0.321 e. The van der Waals surface area contributed by atoms with E-state index in [9.17, 15) is 10.1 Å². The van der Waals surface area contributed by atoms with Gasteiger partial charge in [-0.05, 0) is 64.1 Å². The molecule has 33 heavy (non-hydrogen) atoms. The Morgan fingerprint density at radius 1 is 0.909 bits per heavy atom. The molecular weight excluding hydrogens is 428 g/mol. The topological polar surface area (TPSA) is 52.9 Å². The lowest BCUT2D eigenvalue weighted by Crippen LogP contribution is -2.14. The fraction of sp³-hybridized carbons (Fsp3) is 0.103. The van der Waals surface area contributed by atoms with Crippen molar-refractivity contribution in [3.05, 3.63) is 118 Å². The highest BCUT2D eigenvalue weighted by Gasteiger charge is 2.15. The molecule has 0 unspecified atom stereocenters. The van der Waals surface area contributed by atoms with Crippen LogP contribution in [0, 0.1) is 11.3 Å². The van der Waals surface area contributed by atoms with E-state index in [0.717, 1.165) is 45.1 Å². The minimum absolute atomic E-state index is 0.0534. The average Bonchev–Trinajstić information content (AvgIpc) is 2.85. The summed E-state index contributed by atoms with van der Waals surface area (Å²) in [6.07, 6.45) is 3.07. The van der Waals surface area contributed by atoms with Crippen molar-refractivity contribution in [2.45, 2.75) is 19.8 Å². The molecule has 0 atom stereocenters. The number of hydrogen-bond acceptors (Lipinski definition) is 2. The lowest BCUT2D eigenvalue weighted by molar-refractivity contribution is -0.112. The Kier molecular flexibility index (Phi) is 6.88. The van der Waals surface area contributed by atoms with Gasteiger partial charge in [-0.3, -0.25) is 4.79 Å². The summed E-state index contributed by atoms with van der Waals surface area (Å²) in [5.74, 6) is -0.421. The van der Waals surface area contributed by atoms with Gasteiger partial charge in [0, 0.05) is 10.7 Å². The van der Waals surface area contributed by atoms with E-state index in [4.69, 9.17) is 11.6 Å². The van der Waals surface area contributed by atoms with E-state index in [1.165, 1.54) is 0 Å². The Morgan fingerprint density at radius 3 is 2.36 bits per heavy atom. The number of carbonyl (C=O) groups is 1. The summed E-state index contributed by atoms with van der Waals surface area (Å²) in [6.45, 7) is 2.03. The van der Waals surface area contributed by atoms with Crippen molar-refractivity contribution in [3.8, 4) is 6.07 Å². The third kappa shape index (κ3) is 4.98. The van der Waals surface area contributed by atoms with Crippen molar-refractivity contribution in [1.82, 2.24) is 0 Å². The molecule has 0 radical (unpaired) electrons. The van der Waals surface area contributed by atoms with Crippen LogP contribution in [0.2, 0.25) is 5.02 Å². The Morgan fingerprint density at radius 2 is 1.61 bits per heavy atom. The van der Waals surface area contributed by atoms with E-state index in [2.05, 4.69) is 17.5 Å². The number of para-hydroxylation sites is 1. The summed E-state index contributed by atoms with van der Waals surface area (Å²) < 4.78 is 0. The smallest absolute Gasteiger partial charge is 0.266 e. The first-order valence-corrected chi connectivity index (χ1v) is 11.2. The molecule has 4 aromatic carbocycles. The van der Waals surface area contributed by atoms with Gasteiger partial charge in [0.05, 0.1) is 0 Å². The number of hydrogen-bond donors (Lipinski definition) is 1. The molecule has 0 aliphatic carbocycles. The lowest BCUT2D eigenvalue weighted by Gasteiger charge is -2.13.